The van der Waals surface area contributed by atoms with Gasteiger partial charge in [0, 0.05) is 4.47 Å². The molecule has 0 bridgehead atoms. The molecule has 108 valence electrons. The minimum Gasteiger partial charge on any atom is -0.478 e. The first-order chi connectivity index (χ1) is 10.2. The zero-order valence-electron chi connectivity index (χ0n) is 11.5. The lowest BCUT2D eigenvalue weighted by atomic mass is 9.87. The van der Waals surface area contributed by atoms with Crippen LogP contribution in [0.4, 0.5) is 5.69 Å². The summed E-state index contributed by atoms with van der Waals surface area (Å²) in [6.45, 7) is 0. The number of anilines is 1. The maximum absolute atomic E-state index is 11.5. The van der Waals surface area contributed by atoms with Gasteiger partial charge in [-0.3, -0.25) is 0 Å². The number of rotatable bonds is 3. The van der Waals surface area contributed by atoms with E-state index in [4.69, 9.17) is 0 Å². The van der Waals surface area contributed by atoms with Gasteiger partial charge in [-0.2, -0.15) is 0 Å². The minimum absolute atomic E-state index is 0.169. The molecule has 3 nitrogen and oxygen atoms in total. The van der Waals surface area contributed by atoms with Crippen LogP contribution >= 0.6 is 15.9 Å². The van der Waals surface area contributed by atoms with Crippen molar-refractivity contribution in [1.82, 2.24) is 0 Å². The fourth-order valence-electron chi connectivity index (χ4n) is 2.95. The molecule has 0 aliphatic heterocycles. The SMILES string of the molecule is O=C(O)c1c(Br)cccc1NC1CCCc2ccccc21. The highest BCUT2D eigenvalue weighted by atomic mass is 79.9. The van der Waals surface area contributed by atoms with E-state index in [2.05, 4.69) is 39.4 Å². The van der Waals surface area contributed by atoms with Gasteiger partial charge in [-0.25, -0.2) is 4.79 Å². The smallest absolute Gasteiger partial charge is 0.338 e. The second-order valence-corrected chi connectivity index (χ2v) is 6.11. The van der Waals surface area contributed by atoms with E-state index in [9.17, 15) is 9.90 Å². The molecule has 1 unspecified atom stereocenters. The predicted molar refractivity (Wildman–Crippen MR) is 86.8 cm³/mol. The highest BCUT2D eigenvalue weighted by Gasteiger charge is 2.22. The molecule has 1 aliphatic carbocycles. The molecule has 0 amide bonds. The lowest BCUT2D eigenvalue weighted by molar-refractivity contribution is 0.0697. The fraction of sp³-hybridized carbons (Fsp3) is 0.235. The Kier molecular flexibility index (Phi) is 3.97. The Morgan fingerprint density at radius 1 is 1.19 bits per heavy atom. The van der Waals surface area contributed by atoms with Crippen molar-refractivity contribution in [3.8, 4) is 0 Å². The van der Waals surface area contributed by atoms with Gasteiger partial charge in [-0.15, -0.1) is 0 Å². The van der Waals surface area contributed by atoms with Crippen LogP contribution in [-0.2, 0) is 6.42 Å². The average molecular weight is 346 g/mol. The van der Waals surface area contributed by atoms with Crippen LogP contribution in [0.2, 0.25) is 0 Å². The van der Waals surface area contributed by atoms with E-state index in [1.165, 1.54) is 11.1 Å². The number of carboxylic acids is 1. The maximum Gasteiger partial charge on any atom is 0.338 e. The Morgan fingerprint density at radius 2 is 2.00 bits per heavy atom. The molecular formula is C17H16BrNO2. The highest BCUT2D eigenvalue weighted by molar-refractivity contribution is 9.10. The lowest BCUT2D eigenvalue weighted by Gasteiger charge is -2.28. The summed E-state index contributed by atoms with van der Waals surface area (Å²) in [4.78, 5) is 11.5. The Labute approximate surface area is 132 Å². The summed E-state index contributed by atoms with van der Waals surface area (Å²) >= 11 is 3.32. The van der Waals surface area contributed by atoms with Gasteiger partial charge in [-0.1, -0.05) is 30.3 Å². The zero-order chi connectivity index (χ0) is 14.8. The van der Waals surface area contributed by atoms with Gasteiger partial charge in [-0.05, 0) is 58.5 Å². The summed E-state index contributed by atoms with van der Waals surface area (Å²) in [5.74, 6) is -0.922. The third-order valence-corrected chi connectivity index (χ3v) is 4.59. The molecule has 0 saturated heterocycles. The predicted octanol–water partition coefficient (Wildman–Crippen LogP) is 4.64. The van der Waals surface area contributed by atoms with Crippen LogP contribution in [-0.4, -0.2) is 11.1 Å². The van der Waals surface area contributed by atoms with Gasteiger partial charge in [0.2, 0.25) is 0 Å². The van der Waals surface area contributed by atoms with Gasteiger partial charge < -0.3 is 10.4 Å². The van der Waals surface area contributed by atoms with Gasteiger partial charge in [0.05, 0.1) is 17.3 Å². The number of halogens is 1. The van der Waals surface area contributed by atoms with Crippen LogP contribution in [0.1, 0.15) is 40.4 Å². The maximum atomic E-state index is 11.5. The van der Waals surface area contributed by atoms with Crippen LogP contribution in [0.15, 0.2) is 46.9 Å². The van der Waals surface area contributed by atoms with Crippen LogP contribution in [0.25, 0.3) is 0 Å². The van der Waals surface area contributed by atoms with Gasteiger partial charge in [0.25, 0.3) is 0 Å². The van der Waals surface area contributed by atoms with E-state index in [1.807, 2.05) is 18.2 Å². The Hall–Kier alpha value is -1.81. The first-order valence-corrected chi connectivity index (χ1v) is 7.82. The number of nitrogens with one attached hydrogen (secondary N) is 1. The van der Waals surface area contributed by atoms with E-state index in [0.29, 0.717) is 15.7 Å². The van der Waals surface area contributed by atoms with Crippen molar-refractivity contribution in [2.45, 2.75) is 25.3 Å². The van der Waals surface area contributed by atoms with Crippen LogP contribution in [0.5, 0.6) is 0 Å². The topological polar surface area (TPSA) is 49.3 Å². The molecule has 3 rings (SSSR count). The molecule has 0 saturated carbocycles. The Balaban J connectivity index is 1.96. The number of aromatic carboxylic acids is 1. The quantitative estimate of drug-likeness (QED) is 0.851. The van der Waals surface area contributed by atoms with Crippen LogP contribution in [0, 0.1) is 0 Å². The van der Waals surface area contributed by atoms with Crippen molar-refractivity contribution in [3.63, 3.8) is 0 Å². The average Bonchev–Trinajstić information content (AvgIpc) is 2.47. The number of carboxylic acid groups (broad SMARTS) is 1. The van der Waals surface area contributed by atoms with Crippen molar-refractivity contribution in [3.05, 3.63) is 63.6 Å². The van der Waals surface area contributed by atoms with E-state index < -0.39 is 5.97 Å². The first kappa shape index (κ1) is 14.1. The summed E-state index contributed by atoms with van der Waals surface area (Å²) in [7, 11) is 0. The number of aryl methyl sites for hydroxylation is 1. The number of hydrogen-bond acceptors (Lipinski definition) is 2. The van der Waals surface area contributed by atoms with Crippen molar-refractivity contribution < 1.29 is 9.90 Å². The third-order valence-electron chi connectivity index (χ3n) is 3.93. The van der Waals surface area contributed by atoms with Crippen molar-refractivity contribution in [2.24, 2.45) is 0 Å². The van der Waals surface area contributed by atoms with E-state index >= 15 is 0 Å². The Bertz CT molecular complexity index is 684. The van der Waals surface area contributed by atoms with Gasteiger partial charge >= 0.3 is 5.97 Å². The van der Waals surface area contributed by atoms with Crippen LogP contribution < -0.4 is 5.32 Å². The van der Waals surface area contributed by atoms with Gasteiger partial charge in [0.1, 0.15) is 0 Å². The molecular weight excluding hydrogens is 330 g/mol. The number of benzene rings is 2. The Morgan fingerprint density at radius 3 is 2.81 bits per heavy atom. The lowest BCUT2D eigenvalue weighted by Crippen LogP contribution is -2.18. The monoisotopic (exact) mass is 345 g/mol. The molecule has 4 heteroatoms. The molecule has 2 N–H and O–H groups in total. The molecule has 21 heavy (non-hydrogen) atoms. The number of hydrogen-bond donors (Lipinski definition) is 2. The fourth-order valence-corrected chi connectivity index (χ4v) is 3.49. The molecule has 0 heterocycles. The molecule has 0 radical (unpaired) electrons. The van der Waals surface area contributed by atoms with E-state index in [-0.39, 0.29) is 6.04 Å². The normalized spacial score (nSPS) is 17.1. The van der Waals surface area contributed by atoms with Crippen LogP contribution in [0.3, 0.4) is 0 Å². The summed E-state index contributed by atoms with van der Waals surface area (Å²) < 4.78 is 0.601. The summed E-state index contributed by atoms with van der Waals surface area (Å²) in [5.41, 5.74) is 3.59. The molecule has 0 fully saturated rings. The van der Waals surface area contributed by atoms with Crippen molar-refractivity contribution in [2.75, 3.05) is 5.32 Å². The molecule has 1 atom stereocenters. The largest absolute Gasteiger partial charge is 0.478 e. The van der Waals surface area contributed by atoms with Crippen molar-refractivity contribution >= 4 is 27.6 Å². The molecule has 0 aromatic heterocycles. The summed E-state index contributed by atoms with van der Waals surface area (Å²) in [5, 5.41) is 12.8. The molecule has 1 aliphatic rings. The molecule has 2 aromatic rings. The summed E-state index contributed by atoms with van der Waals surface area (Å²) in [6, 6.07) is 14.0. The number of carbonyl (C=O) groups is 1. The summed E-state index contributed by atoms with van der Waals surface area (Å²) in [6.07, 6.45) is 3.23. The van der Waals surface area contributed by atoms with Gasteiger partial charge in [0.15, 0.2) is 0 Å². The number of fused-ring (bicyclic) bond motifs is 1. The third kappa shape index (κ3) is 2.81. The van der Waals surface area contributed by atoms with E-state index in [1.54, 1.807) is 6.07 Å². The highest BCUT2D eigenvalue weighted by Crippen LogP contribution is 2.34. The minimum atomic E-state index is -0.922. The van der Waals surface area contributed by atoms with E-state index in [0.717, 1.165) is 19.3 Å². The molecule has 2 aromatic carbocycles. The standard InChI is InChI=1S/C17H16BrNO2/c18-13-8-4-10-15(16(13)17(20)21)19-14-9-3-6-11-5-1-2-7-12(11)14/h1-2,4-5,7-8,10,14,19H,3,6,9H2,(H,20,21). The second-order valence-electron chi connectivity index (χ2n) is 5.26. The van der Waals surface area contributed by atoms with Crippen molar-refractivity contribution in [1.29, 1.82) is 0 Å². The second kappa shape index (κ2) is 5.90. The first-order valence-electron chi connectivity index (χ1n) is 7.03. The zero-order valence-corrected chi connectivity index (χ0v) is 13.1. The molecule has 0 spiro atoms.